The Balaban J connectivity index is 1.84. The van der Waals surface area contributed by atoms with E-state index in [-0.39, 0.29) is 23.3 Å². The largest absolute Gasteiger partial charge is 0.508 e. The molecule has 2 N–H and O–H groups in total. The van der Waals surface area contributed by atoms with Gasteiger partial charge in [0.1, 0.15) is 11.5 Å². The Morgan fingerprint density at radius 3 is 2.36 bits per heavy atom. The van der Waals surface area contributed by atoms with Gasteiger partial charge in [-0.2, -0.15) is 0 Å². The highest BCUT2D eigenvalue weighted by molar-refractivity contribution is 7.85. The predicted molar refractivity (Wildman–Crippen MR) is 84.9 cm³/mol. The second kappa shape index (κ2) is 4.71. The Bertz CT molecular complexity index is 821. The lowest BCUT2D eigenvalue weighted by Crippen LogP contribution is -2.00. The molecule has 22 heavy (non-hydrogen) atoms. The molecule has 0 radical (unpaired) electrons. The second-order valence-corrected chi connectivity index (χ2v) is 7.43. The molecular weight excluding hydrogens is 296 g/mol. The smallest absolute Gasteiger partial charge is 0.136 e. The molecule has 2 bridgehead atoms. The molecule has 0 saturated carbocycles. The zero-order valence-electron chi connectivity index (χ0n) is 12.1. The van der Waals surface area contributed by atoms with Crippen LogP contribution in [0, 0.1) is 6.92 Å². The van der Waals surface area contributed by atoms with Crippen LogP contribution in [0.4, 0.5) is 0 Å². The van der Waals surface area contributed by atoms with E-state index in [4.69, 9.17) is 0 Å². The van der Waals surface area contributed by atoms with Gasteiger partial charge in [-0.15, -0.1) is 0 Å². The summed E-state index contributed by atoms with van der Waals surface area (Å²) in [5.41, 5.74) is 2.64. The highest BCUT2D eigenvalue weighted by Gasteiger charge is 2.38. The average molecular weight is 312 g/mol. The number of allylic oxidation sites excluding steroid dienone is 2. The van der Waals surface area contributed by atoms with Gasteiger partial charge >= 0.3 is 0 Å². The number of aromatic hydroxyl groups is 2. The van der Waals surface area contributed by atoms with Gasteiger partial charge in [-0.3, -0.25) is 0 Å². The molecule has 0 aromatic heterocycles. The third kappa shape index (κ3) is 1.83. The lowest BCUT2D eigenvalue weighted by atomic mass is 9.95. The first-order valence-corrected chi connectivity index (χ1v) is 8.46. The monoisotopic (exact) mass is 312 g/mol. The van der Waals surface area contributed by atoms with Gasteiger partial charge in [-0.25, -0.2) is 4.21 Å². The van der Waals surface area contributed by atoms with E-state index in [1.165, 1.54) is 6.07 Å². The molecule has 0 heterocycles. The van der Waals surface area contributed by atoms with Gasteiger partial charge < -0.3 is 10.2 Å². The van der Waals surface area contributed by atoms with E-state index >= 15 is 0 Å². The van der Waals surface area contributed by atoms with E-state index in [1.807, 2.05) is 19.1 Å². The van der Waals surface area contributed by atoms with Gasteiger partial charge in [0.25, 0.3) is 0 Å². The normalized spacial score (nSPS) is 22.8. The fourth-order valence-electron chi connectivity index (χ4n) is 3.49. The molecule has 112 valence electrons. The van der Waals surface area contributed by atoms with Crippen LogP contribution in [0.25, 0.3) is 0 Å². The zero-order valence-corrected chi connectivity index (χ0v) is 12.9. The van der Waals surface area contributed by atoms with Crippen molar-refractivity contribution < 1.29 is 14.4 Å². The fraction of sp³-hybridized carbons (Fsp3) is 0.222. The molecule has 3 nitrogen and oxygen atoms in total. The van der Waals surface area contributed by atoms with Gasteiger partial charge in [0, 0.05) is 33.9 Å². The van der Waals surface area contributed by atoms with Crippen molar-refractivity contribution in [3.63, 3.8) is 0 Å². The van der Waals surface area contributed by atoms with Gasteiger partial charge in [-0.05, 0) is 25.5 Å². The molecule has 2 aliphatic carbocycles. The van der Waals surface area contributed by atoms with Crippen LogP contribution in [0.3, 0.4) is 0 Å². The number of phenolic OH excluding ortho intramolecular Hbond substituents is 2. The zero-order chi connectivity index (χ0) is 15.4. The maximum Gasteiger partial charge on any atom is 0.136 e. The first-order chi connectivity index (χ1) is 10.6. The van der Waals surface area contributed by atoms with Gasteiger partial charge in [0.05, 0.1) is 15.7 Å². The van der Waals surface area contributed by atoms with Crippen LogP contribution < -0.4 is 0 Å². The Labute approximate surface area is 131 Å². The van der Waals surface area contributed by atoms with Crippen molar-refractivity contribution in [2.24, 2.45) is 0 Å². The van der Waals surface area contributed by atoms with Crippen LogP contribution in [0.15, 0.2) is 52.3 Å². The van der Waals surface area contributed by atoms with Crippen LogP contribution in [0.5, 0.6) is 11.5 Å². The Hall–Kier alpha value is -2.07. The summed E-state index contributed by atoms with van der Waals surface area (Å²) in [5.74, 6) is 0.511. The summed E-state index contributed by atoms with van der Waals surface area (Å²) >= 11 is 0. The predicted octanol–water partition coefficient (Wildman–Crippen LogP) is 3.71. The van der Waals surface area contributed by atoms with Crippen molar-refractivity contribution in [1.29, 1.82) is 0 Å². The minimum Gasteiger partial charge on any atom is -0.508 e. The maximum atomic E-state index is 12.8. The molecule has 2 aromatic carbocycles. The molecule has 4 rings (SSSR count). The number of aryl methyl sites for hydroxylation is 1. The highest BCUT2D eigenvalue weighted by Crippen LogP contribution is 2.56. The Kier molecular flexibility index (Phi) is 2.91. The number of hydrogen-bond acceptors (Lipinski definition) is 3. The minimum absolute atomic E-state index is 0.0727. The van der Waals surface area contributed by atoms with Gasteiger partial charge in [-0.1, -0.05) is 29.8 Å². The lowest BCUT2D eigenvalue weighted by Gasteiger charge is -2.17. The average Bonchev–Trinajstić information content (AvgIpc) is 3.12. The SMILES string of the molecule is Cc1ccc([S@](=O)c2cc(O)c3c(c2O)[C@H]2C=C[C@@H]3C2)cc1. The molecule has 0 unspecified atom stereocenters. The lowest BCUT2D eigenvalue weighted by molar-refractivity contribution is 0.438. The molecule has 0 saturated heterocycles. The highest BCUT2D eigenvalue weighted by atomic mass is 32.2. The fourth-order valence-corrected chi connectivity index (χ4v) is 4.63. The van der Waals surface area contributed by atoms with Crippen LogP contribution in [-0.2, 0) is 10.8 Å². The number of hydrogen-bond donors (Lipinski definition) is 2. The summed E-state index contributed by atoms with van der Waals surface area (Å²) in [7, 11) is -1.51. The standard InChI is InChI=1S/C18H16O3S/c1-10-2-6-13(7-3-10)22(21)15-9-14(19)16-11-4-5-12(8-11)17(16)18(15)20/h2-7,9,11-12,19-20H,8H2,1H3/t11-,12+,22+/m1/s1. The van der Waals surface area contributed by atoms with Gasteiger partial charge in [0.2, 0.25) is 0 Å². The van der Waals surface area contributed by atoms with E-state index < -0.39 is 10.8 Å². The first kappa shape index (κ1) is 13.6. The summed E-state index contributed by atoms with van der Waals surface area (Å²) in [5, 5.41) is 20.9. The summed E-state index contributed by atoms with van der Waals surface area (Å²) in [6, 6.07) is 8.82. The van der Waals surface area contributed by atoms with Crippen LogP contribution >= 0.6 is 0 Å². The van der Waals surface area contributed by atoms with Crippen molar-refractivity contribution in [2.45, 2.75) is 35.0 Å². The molecule has 0 amide bonds. The third-order valence-electron chi connectivity index (χ3n) is 4.58. The summed E-state index contributed by atoms with van der Waals surface area (Å²) in [6.07, 6.45) is 5.02. The Morgan fingerprint density at radius 2 is 1.68 bits per heavy atom. The molecular formula is C18H16O3S. The summed E-state index contributed by atoms with van der Waals surface area (Å²) in [6.45, 7) is 1.97. The van der Waals surface area contributed by atoms with Gasteiger partial charge in [0.15, 0.2) is 0 Å². The van der Waals surface area contributed by atoms with Crippen LogP contribution in [-0.4, -0.2) is 14.4 Å². The van der Waals surface area contributed by atoms with Crippen molar-refractivity contribution in [3.8, 4) is 11.5 Å². The molecule has 2 aliphatic rings. The van der Waals surface area contributed by atoms with Crippen molar-refractivity contribution in [1.82, 2.24) is 0 Å². The molecule has 0 spiro atoms. The topological polar surface area (TPSA) is 57.5 Å². The van der Waals surface area contributed by atoms with E-state index in [9.17, 15) is 14.4 Å². The molecule has 0 fully saturated rings. The van der Waals surface area contributed by atoms with Crippen molar-refractivity contribution in [3.05, 3.63) is 59.2 Å². The van der Waals surface area contributed by atoms with Crippen LogP contribution in [0.2, 0.25) is 0 Å². The van der Waals surface area contributed by atoms with E-state index in [2.05, 4.69) is 12.2 Å². The second-order valence-electron chi connectivity index (χ2n) is 5.99. The molecule has 0 aliphatic heterocycles. The van der Waals surface area contributed by atoms with E-state index in [0.717, 1.165) is 23.1 Å². The molecule has 4 heteroatoms. The Morgan fingerprint density at radius 1 is 1.05 bits per heavy atom. The molecule has 3 atom stereocenters. The number of phenols is 2. The third-order valence-corrected chi connectivity index (χ3v) is 5.99. The van der Waals surface area contributed by atoms with Crippen LogP contribution in [0.1, 0.15) is 34.9 Å². The first-order valence-electron chi connectivity index (χ1n) is 7.31. The number of fused-ring (bicyclic) bond motifs is 5. The number of benzene rings is 2. The van der Waals surface area contributed by atoms with E-state index in [1.54, 1.807) is 12.1 Å². The summed E-state index contributed by atoms with van der Waals surface area (Å²) < 4.78 is 12.8. The summed E-state index contributed by atoms with van der Waals surface area (Å²) in [4.78, 5) is 0.917. The van der Waals surface area contributed by atoms with E-state index in [0.29, 0.717) is 9.79 Å². The maximum absolute atomic E-state index is 12.8. The minimum atomic E-state index is -1.51. The van der Waals surface area contributed by atoms with Crippen molar-refractivity contribution >= 4 is 10.8 Å². The number of rotatable bonds is 2. The quantitative estimate of drug-likeness (QED) is 0.656. The van der Waals surface area contributed by atoms with Crippen molar-refractivity contribution in [2.75, 3.05) is 0 Å². The molecule has 2 aromatic rings.